The average molecular weight is 279 g/mol. The molecule has 1 amide bonds. The van der Waals surface area contributed by atoms with E-state index >= 15 is 0 Å². The number of ether oxygens (including phenoxy) is 2. The Balaban J connectivity index is 2.95. The molecule has 1 atom stereocenters. The molecule has 0 aromatic heterocycles. The second-order valence-corrected chi connectivity index (χ2v) is 4.17. The van der Waals surface area contributed by atoms with E-state index in [1.165, 1.54) is 21.1 Å². The van der Waals surface area contributed by atoms with Crippen molar-refractivity contribution in [1.82, 2.24) is 5.32 Å². The predicted octanol–water partition coefficient (Wildman–Crippen LogP) is 0.728. The zero-order chi connectivity index (χ0) is 15.1. The summed E-state index contributed by atoms with van der Waals surface area (Å²) in [4.78, 5) is 33.6. The Kier molecular flexibility index (Phi) is 5.71. The maximum Gasteiger partial charge on any atom is 0.328 e. The van der Waals surface area contributed by atoms with Crippen LogP contribution in [0.25, 0.3) is 0 Å². The molecule has 0 aliphatic carbocycles. The van der Waals surface area contributed by atoms with Gasteiger partial charge in [0, 0.05) is 13.3 Å². The lowest BCUT2D eigenvalue weighted by Crippen LogP contribution is -2.42. The van der Waals surface area contributed by atoms with Crippen molar-refractivity contribution < 1.29 is 23.9 Å². The minimum Gasteiger partial charge on any atom is -0.496 e. The number of hydrogen-bond acceptors (Lipinski definition) is 5. The highest BCUT2D eigenvalue weighted by molar-refractivity contribution is 5.84. The highest BCUT2D eigenvalue weighted by Crippen LogP contribution is 2.19. The zero-order valence-electron chi connectivity index (χ0n) is 11.6. The molecule has 0 aliphatic heterocycles. The lowest BCUT2D eigenvalue weighted by molar-refractivity contribution is -0.144. The second-order valence-electron chi connectivity index (χ2n) is 4.17. The highest BCUT2D eigenvalue weighted by Gasteiger charge is 2.21. The summed E-state index contributed by atoms with van der Waals surface area (Å²) in [6, 6.07) is 4.19. The van der Waals surface area contributed by atoms with Gasteiger partial charge in [0.1, 0.15) is 11.8 Å². The molecule has 0 unspecified atom stereocenters. The molecular formula is C14H17NO5. The number of methoxy groups -OCH3 is 2. The molecule has 0 aliphatic rings. The lowest BCUT2D eigenvalue weighted by Gasteiger charge is -2.16. The van der Waals surface area contributed by atoms with Crippen molar-refractivity contribution in [2.45, 2.75) is 19.4 Å². The third-order valence-corrected chi connectivity index (χ3v) is 2.72. The van der Waals surface area contributed by atoms with E-state index in [1.807, 2.05) is 0 Å². The van der Waals surface area contributed by atoms with Crippen LogP contribution in [0.1, 0.15) is 22.8 Å². The van der Waals surface area contributed by atoms with Gasteiger partial charge in [-0.2, -0.15) is 0 Å². The number of rotatable bonds is 6. The Morgan fingerprint density at radius 3 is 2.55 bits per heavy atom. The molecule has 6 heteroatoms. The predicted molar refractivity (Wildman–Crippen MR) is 71.7 cm³/mol. The largest absolute Gasteiger partial charge is 0.496 e. The van der Waals surface area contributed by atoms with Crippen LogP contribution in [-0.4, -0.2) is 38.4 Å². The zero-order valence-corrected chi connectivity index (χ0v) is 11.6. The molecule has 1 aromatic carbocycles. The summed E-state index contributed by atoms with van der Waals surface area (Å²) in [7, 11) is 2.72. The summed E-state index contributed by atoms with van der Waals surface area (Å²) < 4.78 is 9.68. The second kappa shape index (κ2) is 7.28. The number of benzene rings is 1. The van der Waals surface area contributed by atoms with Crippen LogP contribution in [0.4, 0.5) is 0 Å². The molecule has 108 valence electrons. The van der Waals surface area contributed by atoms with E-state index in [2.05, 4.69) is 10.1 Å². The first-order chi connectivity index (χ1) is 9.51. The number of carbonyl (C=O) groups excluding carboxylic acids is 3. The van der Waals surface area contributed by atoms with E-state index in [1.54, 1.807) is 18.2 Å². The van der Waals surface area contributed by atoms with Crippen molar-refractivity contribution in [2.75, 3.05) is 14.2 Å². The SMILES string of the molecule is COC(=O)[C@H](Cc1ccc(OC)c(C=O)c1)NC(C)=O. The van der Waals surface area contributed by atoms with Gasteiger partial charge < -0.3 is 14.8 Å². The molecular weight excluding hydrogens is 262 g/mol. The first kappa shape index (κ1) is 15.7. The van der Waals surface area contributed by atoms with E-state index in [4.69, 9.17) is 4.74 Å². The van der Waals surface area contributed by atoms with Crippen LogP contribution < -0.4 is 10.1 Å². The van der Waals surface area contributed by atoms with Crippen molar-refractivity contribution >= 4 is 18.2 Å². The van der Waals surface area contributed by atoms with E-state index in [9.17, 15) is 14.4 Å². The van der Waals surface area contributed by atoms with Crippen molar-refractivity contribution in [3.05, 3.63) is 29.3 Å². The van der Waals surface area contributed by atoms with Crippen LogP contribution in [0.15, 0.2) is 18.2 Å². The first-order valence-electron chi connectivity index (χ1n) is 5.98. The number of aldehydes is 1. The normalized spacial score (nSPS) is 11.3. The van der Waals surface area contributed by atoms with E-state index in [0.29, 0.717) is 17.6 Å². The maximum atomic E-state index is 11.6. The maximum absolute atomic E-state index is 11.6. The topological polar surface area (TPSA) is 81.7 Å². The van der Waals surface area contributed by atoms with Crippen LogP contribution in [-0.2, 0) is 20.7 Å². The summed E-state index contributed by atoms with van der Waals surface area (Å²) in [5.74, 6) is -0.411. The Hall–Kier alpha value is -2.37. The van der Waals surface area contributed by atoms with Crippen LogP contribution in [0.5, 0.6) is 5.75 Å². The number of hydrogen-bond donors (Lipinski definition) is 1. The van der Waals surface area contributed by atoms with E-state index in [-0.39, 0.29) is 12.3 Å². The quantitative estimate of drug-likeness (QED) is 0.613. The molecule has 6 nitrogen and oxygen atoms in total. The monoisotopic (exact) mass is 279 g/mol. The number of amides is 1. The summed E-state index contributed by atoms with van der Waals surface area (Å²) >= 11 is 0. The third kappa shape index (κ3) is 4.08. The van der Waals surface area contributed by atoms with E-state index < -0.39 is 12.0 Å². The molecule has 0 fully saturated rings. The molecule has 1 rings (SSSR count). The van der Waals surface area contributed by atoms with Gasteiger partial charge in [-0.1, -0.05) is 6.07 Å². The van der Waals surface area contributed by atoms with Gasteiger partial charge in [-0.05, 0) is 17.7 Å². The molecule has 0 spiro atoms. The van der Waals surface area contributed by atoms with E-state index in [0.717, 1.165) is 5.56 Å². The van der Waals surface area contributed by atoms with Crippen molar-refractivity contribution in [1.29, 1.82) is 0 Å². The fourth-order valence-corrected chi connectivity index (χ4v) is 1.82. The highest BCUT2D eigenvalue weighted by atomic mass is 16.5. The fourth-order valence-electron chi connectivity index (χ4n) is 1.82. The molecule has 1 N–H and O–H groups in total. The van der Waals surface area contributed by atoms with Gasteiger partial charge in [-0.15, -0.1) is 0 Å². The molecule has 0 radical (unpaired) electrons. The summed E-state index contributed by atoms with van der Waals surface area (Å²) in [5, 5.41) is 2.51. The molecule has 1 aromatic rings. The Labute approximate surface area is 117 Å². The van der Waals surface area contributed by atoms with Crippen LogP contribution in [0.3, 0.4) is 0 Å². The molecule has 0 bridgehead atoms. The first-order valence-corrected chi connectivity index (χ1v) is 5.98. The Morgan fingerprint density at radius 2 is 2.05 bits per heavy atom. The van der Waals surface area contributed by atoms with Gasteiger partial charge in [0.2, 0.25) is 5.91 Å². The minimum absolute atomic E-state index is 0.233. The van der Waals surface area contributed by atoms with Gasteiger partial charge in [-0.3, -0.25) is 9.59 Å². The standard InChI is InChI=1S/C14H17NO5/c1-9(17)15-12(14(18)20-3)7-10-4-5-13(19-2)11(6-10)8-16/h4-6,8,12H,7H2,1-3H3,(H,15,17)/t12-/m0/s1. The van der Waals surface area contributed by atoms with Crippen LogP contribution >= 0.6 is 0 Å². The van der Waals surface area contributed by atoms with Gasteiger partial charge in [0.25, 0.3) is 0 Å². The number of carbonyl (C=O) groups is 3. The average Bonchev–Trinajstić information content (AvgIpc) is 2.45. The smallest absolute Gasteiger partial charge is 0.328 e. The summed E-state index contributed by atoms with van der Waals surface area (Å²) in [6.45, 7) is 1.32. The lowest BCUT2D eigenvalue weighted by atomic mass is 10.0. The number of nitrogens with one attached hydrogen (secondary N) is 1. The van der Waals surface area contributed by atoms with Crippen LogP contribution in [0, 0.1) is 0 Å². The fraction of sp³-hybridized carbons (Fsp3) is 0.357. The molecule has 0 heterocycles. The van der Waals surface area contributed by atoms with Crippen molar-refractivity contribution in [3.63, 3.8) is 0 Å². The number of esters is 1. The van der Waals surface area contributed by atoms with Gasteiger partial charge in [-0.25, -0.2) is 4.79 Å². The van der Waals surface area contributed by atoms with Gasteiger partial charge in [0.05, 0.1) is 19.8 Å². The Morgan fingerprint density at radius 1 is 1.35 bits per heavy atom. The summed E-state index contributed by atoms with van der Waals surface area (Å²) in [5.41, 5.74) is 1.11. The third-order valence-electron chi connectivity index (χ3n) is 2.72. The summed E-state index contributed by atoms with van der Waals surface area (Å²) in [6.07, 6.45) is 0.908. The van der Waals surface area contributed by atoms with Crippen LogP contribution in [0.2, 0.25) is 0 Å². The minimum atomic E-state index is -0.787. The van der Waals surface area contributed by atoms with Crippen molar-refractivity contribution in [2.24, 2.45) is 0 Å². The molecule has 0 saturated carbocycles. The Bertz CT molecular complexity index is 512. The molecule has 0 saturated heterocycles. The molecule has 20 heavy (non-hydrogen) atoms. The van der Waals surface area contributed by atoms with Gasteiger partial charge in [0.15, 0.2) is 6.29 Å². The van der Waals surface area contributed by atoms with Gasteiger partial charge >= 0.3 is 5.97 Å². The van der Waals surface area contributed by atoms with Crippen molar-refractivity contribution in [3.8, 4) is 5.75 Å².